The van der Waals surface area contributed by atoms with Crippen LogP contribution in [0, 0.1) is 6.92 Å². The molecule has 0 nitrogen and oxygen atoms in total. The van der Waals surface area contributed by atoms with Crippen molar-refractivity contribution in [1.29, 1.82) is 0 Å². The zero-order valence-electron chi connectivity index (χ0n) is 12.8. The molecule has 0 unspecified atom stereocenters. The molecule has 0 aromatic heterocycles. The minimum absolute atomic E-state index is 0. The molecule has 2 aromatic rings. The molecular weight excluding hydrogens is 381 g/mol. The summed E-state index contributed by atoms with van der Waals surface area (Å²) >= 11 is 0. The predicted molar refractivity (Wildman–Crippen MR) is 80.9 cm³/mol. The van der Waals surface area contributed by atoms with Crippen LogP contribution in [0.4, 0.5) is 25.2 Å². The predicted octanol–water partition coefficient (Wildman–Crippen LogP) is 7.90. The number of rotatable bonds is 1. The molecule has 0 amide bonds. The molecule has 0 aliphatic heterocycles. The van der Waals surface area contributed by atoms with Gasteiger partial charge in [0.1, 0.15) is 0 Å². The minimum atomic E-state index is -10.7. The Labute approximate surface area is 143 Å². The van der Waals surface area contributed by atoms with Gasteiger partial charge in [-0.1, -0.05) is 43.7 Å². The Balaban J connectivity index is 0. The Morgan fingerprint density at radius 1 is 0.826 bits per heavy atom. The first-order valence-corrected chi connectivity index (χ1v) is 8.47. The SMILES string of the molecule is Cc1ccc(C(C)C)cc1.F[P-](F)(F)(F)(F)F.[Fe].c1cc[cH-]c1. The Bertz CT molecular complexity index is 500. The Hall–Kier alpha value is -0.901. The smallest absolute Gasteiger partial charge is 0 e. The summed E-state index contributed by atoms with van der Waals surface area (Å²) < 4.78 is 59.2. The summed E-state index contributed by atoms with van der Waals surface area (Å²) in [5, 5.41) is 0. The van der Waals surface area contributed by atoms with Crippen molar-refractivity contribution in [3.63, 3.8) is 0 Å². The molecule has 0 saturated carbocycles. The van der Waals surface area contributed by atoms with Crippen LogP contribution >= 0.6 is 7.81 Å². The van der Waals surface area contributed by atoms with Gasteiger partial charge in [0.15, 0.2) is 0 Å². The second-order valence-corrected chi connectivity index (χ2v) is 6.90. The number of hydrogen-bond donors (Lipinski definition) is 0. The van der Waals surface area contributed by atoms with E-state index >= 15 is 0 Å². The molecule has 2 rings (SSSR count). The van der Waals surface area contributed by atoms with Crippen LogP contribution in [0.5, 0.6) is 0 Å². The molecule has 136 valence electrons. The van der Waals surface area contributed by atoms with E-state index in [2.05, 4.69) is 45.0 Å². The maximum atomic E-state index is 9.87. The van der Waals surface area contributed by atoms with Gasteiger partial charge in [-0.25, -0.2) is 12.1 Å². The van der Waals surface area contributed by atoms with Crippen molar-refractivity contribution in [3.8, 4) is 0 Å². The quantitative estimate of drug-likeness (QED) is 0.198. The second kappa shape index (κ2) is 8.27. The van der Waals surface area contributed by atoms with Gasteiger partial charge in [0.25, 0.3) is 0 Å². The molecule has 8 heteroatoms. The van der Waals surface area contributed by atoms with E-state index in [1.807, 2.05) is 30.3 Å². The first kappa shape index (κ1) is 24.4. The molecule has 0 aliphatic carbocycles. The summed E-state index contributed by atoms with van der Waals surface area (Å²) in [6, 6.07) is 18.7. The largest absolute Gasteiger partial charge is 0.214 e. The van der Waals surface area contributed by atoms with Crippen LogP contribution in [-0.4, -0.2) is 0 Å². The molecule has 0 heterocycles. The van der Waals surface area contributed by atoms with Crippen LogP contribution in [-0.2, 0) is 17.1 Å². The fraction of sp³-hybridized carbons (Fsp3) is 0.267. The van der Waals surface area contributed by atoms with Crippen LogP contribution in [0.15, 0.2) is 54.6 Å². The van der Waals surface area contributed by atoms with E-state index in [1.165, 1.54) is 11.1 Å². The van der Waals surface area contributed by atoms with Gasteiger partial charge in [0.2, 0.25) is 0 Å². The third kappa shape index (κ3) is 23.5. The van der Waals surface area contributed by atoms with Crippen molar-refractivity contribution < 1.29 is 42.3 Å². The minimum Gasteiger partial charge on any atom is -0.214 e. The molecule has 0 spiro atoms. The number of hydrogen-bond acceptors (Lipinski definition) is 0. The molecule has 0 aliphatic rings. The molecular formula is C15H19F6FeP-2. The van der Waals surface area contributed by atoms with Crippen LogP contribution < -0.4 is 0 Å². The van der Waals surface area contributed by atoms with Crippen molar-refractivity contribution in [1.82, 2.24) is 0 Å². The van der Waals surface area contributed by atoms with Gasteiger partial charge < -0.3 is 0 Å². The van der Waals surface area contributed by atoms with E-state index < -0.39 is 7.81 Å². The third-order valence-electron chi connectivity index (χ3n) is 2.30. The maximum absolute atomic E-state index is 10.7. The Morgan fingerprint density at radius 3 is 1.39 bits per heavy atom. The Kier molecular flexibility index (Phi) is 8.76. The number of benzene rings is 1. The fourth-order valence-electron chi connectivity index (χ4n) is 1.27. The van der Waals surface area contributed by atoms with Gasteiger partial charge in [0.05, 0.1) is 0 Å². The van der Waals surface area contributed by atoms with E-state index in [9.17, 15) is 25.2 Å². The second-order valence-electron chi connectivity index (χ2n) is 4.99. The first-order valence-electron chi connectivity index (χ1n) is 6.45. The topological polar surface area (TPSA) is 0 Å². The molecule has 23 heavy (non-hydrogen) atoms. The summed E-state index contributed by atoms with van der Waals surface area (Å²) in [7, 11) is -10.7. The van der Waals surface area contributed by atoms with Gasteiger partial charge in [-0.2, -0.15) is 18.2 Å². The van der Waals surface area contributed by atoms with Crippen LogP contribution in [0.25, 0.3) is 0 Å². The first-order chi connectivity index (χ1) is 9.65. The van der Waals surface area contributed by atoms with E-state index in [4.69, 9.17) is 0 Å². The van der Waals surface area contributed by atoms with Gasteiger partial charge in [0, 0.05) is 17.1 Å². The summed E-state index contributed by atoms with van der Waals surface area (Å²) in [5.74, 6) is 0.653. The third-order valence-corrected chi connectivity index (χ3v) is 2.30. The van der Waals surface area contributed by atoms with E-state index in [0.717, 1.165) is 0 Å². The average molecular weight is 400 g/mol. The van der Waals surface area contributed by atoms with Gasteiger partial charge in [-0.15, -0.1) is 0 Å². The van der Waals surface area contributed by atoms with Crippen molar-refractivity contribution in [2.75, 3.05) is 0 Å². The van der Waals surface area contributed by atoms with E-state index in [0.29, 0.717) is 5.92 Å². The zero-order chi connectivity index (χ0) is 17.5. The van der Waals surface area contributed by atoms with Gasteiger partial charge in [-0.05, 0) is 18.4 Å². The normalized spacial score (nSPS) is 13.3. The zero-order valence-corrected chi connectivity index (χ0v) is 14.8. The summed E-state index contributed by atoms with van der Waals surface area (Å²) in [5.41, 5.74) is 2.76. The summed E-state index contributed by atoms with van der Waals surface area (Å²) in [6.45, 7) is 6.54. The van der Waals surface area contributed by atoms with E-state index in [-0.39, 0.29) is 17.1 Å². The van der Waals surface area contributed by atoms with Crippen LogP contribution in [0.1, 0.15) is 30.9 Å². The van der Waals surface area contributed by atoms with Crippen molar-refractivity contribution in [2.45, 2.75) is 26.7 Å². The standard InChI is InChI=1S/C10H14.C5H5.F6P.Fe/c1-8(2)10-6-4-9(3)5-7-10;1-2-4-5-3-1;1-7(2,3,4,5)6;/h4-8H,1-3H3;1-5H;;/q;2*-1;. The number of halogens is 6. The van der Waals surface area contributed by atoms with Crippen LogP contribution in [0.3, 0.4) is 0 Å². The fourth-order valence-corrected chi connectivity index (χ4v) is 1.27. The summed E-state index contributed by atoms with van der Waals surface area (Å²) in [4.78, 5) is 0. The monoisotopic (exact) mass is 400 g/mol. The maximum Gasteiger partial charge on any atom is 0 e. The molecule has 0 N–H and O–H groups in total. The molecule has 0 radical (unpaired) electrons. The van der Waals surface area contributed by atoms with Gasteiger partial charge in [-0.3, -0.25) is 0 Å². The summed E-state index contributed by atoms with van der Waals surface area (Å²) in [6.07, 6.45) is 0. The molecule has 0 atom stereocenters. The van der Waals surface area contributed by atoms with Crippen molar-refractivity contribution >= 4 is 7.81 Å². The van der Waals surface area contributed by atoms with Gasteiger partial charge >= 0.3 is 33.0 Å². The van der Waals surface area contributed by atoms with Crippen LogP contribution in [0.2, 0.25) is 0 Å². The van der Waals surface area contributed by atoms with E-state index in [1.54, 1.807) is 0 Å². The molecule has 0 fully saturated rings. The van der Waals surface area contributed by atoms with Crippen molar-refractivity contribution in [3.05, 3.63) is 65.7 Å². The molecule has 2 aromatic carbocycles. The number of aryl methyl sites for hydroxylation is 1. The molecule has 0 bridgehead atoms. The van der Waals surface area contributed by atoms with Crippen molar-refractivity contribution in [2.24, 2.45) is 0 Å². The Morgan fingerprint density at radius 2 is 1.17 bits per heavy atom. The molecule has 0 saturated heterocycles. The average Bonchev–Trinajstić information content (AvgIpc) is 2.83.